The van der Waals surface area contributed by atoms with Crippen molar-refractivity contribution < 1.29 is 19.0 Å². The zero-order valence-corrected chi connectivity index (χ0v) is 17.3. The third-order valence-electron chi connectivity index (χ3n) is 4.65. The number of aromatic nitrogens is 2. The molecule has 0 aliphatic rings. The number of amides is 1. The van der Waals surface area contributed by atoms with Gasteiger partial charge in [-0.15, -0.1) is 0 Å². The summed E-state index contributed by atoms with van der Waals surface area (Å²) in [4.78, 5) is 12.7. The van der Waals surface area contributed by atoms with Crippen LogP contribution in [0.2, 0.25) is 0 Å². The summed E-state index contributed by atoms with van der Waals surface area (Å²) >= 11 is 0. The first-order chi connectivity index (χ1) is 14.0. The third kappa shape index (κ3) is 4.18. The van der Waals surface area contributed by atoms with Crippen molar-refractivity contribution in [1.29, 1.82) is 0 Å². The Hall–Kier alpha value is -3.48. The molecular formula is C22H25N3O4. The molecule has 0 bridgehead atoms. The van der Waals surface area contributed by atoms with Crippen LogP contribution in [0.4, 0.5) is 5.69 Å². The van der Waals surface area contributed by atoms with Crippen LogP contribution in [-0.4, -0.2) is 37.0 Å². The smallest absolute Gasteiger partial charge is 0.228 e. The van der Waals surface area contributed by atoms with Crippen LogP contribution >= 0.6 is 0 Å². The van der Waals surface area contributed by atoms with Crippen LogP contribution in [0.5, 0.6) is 17.2 Å². The Labute approximate surface area is 170 Å². The number of nitrogens with one attached hydrogen (secondary N) is 1. The highest BCUT2D eigenvalue weighted by atomic mass is 16.5. The van der Waals surface area contributed by atoms with Gasteiger partial charge in [0.2, 0.25) is 11.7 Å². The van der Waals surface area contributed by atoms with Crippen molar-refractivity contribution in [3.63, 3.8) is 0 Å². The Balaban J connectivity index is 1.83. The highest BCUT2D eigenvalue weighted by Crippen LogP contribution is 2.38. The fourth-order valence-electron chi connectivity index (χ4n) is 3.25. The fourth-order valence-corrected chi connectivity index (χ4v) is 3.25. The number of hydrogen-bond acceptors (Lipinski definition) is 5. The third-order valence-corrected chi connectivity index (χ3v) is 4.65. The van der Waals surface area contributed by atoms with Gasteiger partial charge >= 0.3 is 0 Å². The summed E-state index contributed by atoms with van der Waals surface area (Å²) in [6, 6.07) is 13.3. The normalized spacial score (nSPS) is 10.5. The molecule has 2 aromatic carbocycles. The van der Waals surface area contributed by atoms with Crippen molar-refractivity contribution in [3.8, 4) is 22.9 Å². The first kappa shape index (κ1) is 20.3. The second-order valence-electron chi connectivity index (χ2n) is 6.55. The summed E-state index contributed by atoms with van der Waals surface area (Å²) < 4.78 is 17.9. The van der Waals surface area contributed by atoms with E-state index < -0.39 is 0 Å². The Kier molecular flexibility index (Phi) is 6.07. The largest absolute Gasteiger partial charge is 0.493 e. The monoisotopic (exact) mass is 395 g/mol. The van der Waals surface area contributed by atoms with Gasteiger partial charge in [0, 0.05) is 0 Å². The van der Waals surface area contributed by atoms with Gasteiger partial charge in [-0.25, -0.2) is 4.68 Å². The molecule has 0 radical (unpaired) electrons. The molecule has 3 rings (SSSR count). The topological polar surface area (TPSA) is 74.6 Å². The van der Waals surface area contributed by atoms with E-state index in [-0.39, 0.29) is 12.3 Å². The molecule has 152 valence electrons. The van der Waals surface area contributed by atoms with E-state index in [0.29, 0.717) is 22.9 Å². The second kappa shape index (κ2) is 8.68. The summed E-state index contributed by atoms with van der Waals surface area (Å²) in [6.45, 7) is 3.81. The maximum Gasteiger partial charge on any atom is 0.228 e. The Bertz CT molecular complexity index is 987. The van der Waals surface area contributed by atoms with Crippen LogP contribution in [-0.2, 0) is 11.2 Å². The summed E-state index contributed by atoms with van der Waals surface area (Å²) in [6.07, 6.45) is 0.159. The first-order valence-electron chi connectivity index (χ1n) is 9.18. The lowest BCUT2D eigenvalue weighted by atomic mass is 10.1. The Morgan fingerprint density at radius 3 is 2.17 bits per heavy atom. The van der Waals surface area contributed by atoms with E-state index in [2.05, 4.69) is 10.4 Å². The molecule has 0 saturated carbocycles. The van der Waals surface area contributed by atoms with Crippen molar-refractivity contribution in [3.05, 3.63) is 59.4 Å². The van der Waals surface area contributed by atoms with Gasteiger partial charge in [0.15, 0.2) is 11.5 Å². The van der Waals surface area contributed by atoms with E-state index >= 15 is 0 Å². The molecule has 0 saturated heterocycles. The van der Waals surface area contributed by atoms with Crippen molar-refractivity contribution in [1.82, 2.24) is 9.78 Å². The minimum absolute atomic E-state index is 0.155. The highest BCUT2D eigenvalue weighted by molar-refractivity contribution is 5.93. The SMILES string of the molecule is COc1cc(CC(=O)Nc2c(C)nn(-c3ccccc3)c2C)cc(OC)c1OC. The minimum Gasteiger partial charge on any atom is -0.493 e. The number of para-hydroxylation sites is 1. The fraction of sp³-hybridized carbons (Fsp3) is 0.273. The van der Waals surface area contributed by atoms with Gasteiger partial charge in [0.1, 0.15) is 0 Å². The molecule has 0 unspecified atom stereocenters. The molecule has 1 aromatic heterocycles. The van der Waals surface area contributed by atoms with Crippen molar-refractivity contribution >= 4 is 11.6 Å². The maximum atomic E-state index is 12.7. The van der Waals surface area contributed by atoms with Crippen molar-refractivity contribution in [2.24, 2.45) is 0 Å². The van der Waals surface area contributed by atoms with Crippen LogP contribution in [0.3, 0.4) is 0 Å². The molecule has 29 heavy (non-hydrogen) atoms. The Morgan fingerprint density at radius 1 is 1.00 bits per heavy atom. The molecule has 0 spiro atoms. The number of methoxy groups -OCH3 is 3. The summed E-state index contributed by atoms with van der Waals surface area (Å²) in [7, 11) is 4.64. The van der Waals surface area contributed by atoms with Gasteiger partial charge in [-0.1, -0.05) is 18.2 Å². The quantitative estimate of drug-likeness (QED) is 0.660. The minimum atomic E-state index is -0.155. The molecule has 0 aliphatic carbocycles. The van der Waals surface area contributed by atoms with Crippen LogP contribution in [0, 0.1) is 13.8 Å². The number of aryl methyl sites for hydroxylation is 1. The molecule has 0 aliphatic heterocycles. The van der Waals surface area contributed by atoms with Crippen LogP contribution in [0.1, 0.15) is 17.0 Å². The predicted molar refractivity (Wildman–Crippen MR) is 111 cm³/mol. The summed E-state index contributed by atoms with van der Waals surface area (Å²) in [5, 5.41) is 7.55. The lowest BCUT2D eigenvalue weighted by Gasteiger charge is -2.14. The standard InChI is InChI=1S/C22H25N3O4/c1-14-21(15(2)25(24-14)17-9-7-6-8-10-17)23-20(26)13-16-11-18(27-3)22(29-5)19(12-16)28-4/h6-12H,13H2,1-5H3,(H,23,26). The molecule has 0 atom stereocenters. The maximum absolute atomic E-state index is 12.7. The molecule has 1 N–H and O–H groups in total. The summed E-state index contributed by atoms with van der Waals surface area (Å²) in [5.41, 5.74) is 4.03. The molecule has 3 aromatic rings. The lowest BCUT2D eigenvalue weighted by molar-refractivity contribution is -0.115. The molecule has 7 nitrogen and oxygen atoms in total. The molecule has 1 heterocycles. The van der Waals surface area contributed by atoms with E-state index in [9.17, 15) is 4.79 Å². The molecular weight excluding hydrogens is 370 g/mol. The van der Waals surface area contributed by atoms with Crippen molar-refractivity contribution in [2.45, 2.75) is 20.3 Å². The van der Waals surface area contributed by atoms with E-state index in [1.165, 1.54) is 0 Å². The highest BCUT2D eigenvalue weighted by Gasteiger charge is 2.18. The number of benzene rings is 2. The zero-order valence-electron chi connectivity index (χ0n) is 17.3. The van der Waals surface area contributed by atoms with E-state index in [1.807, 2.05) is 48.9 Å². The van der Waals surface area contributed by atoms with E-state index in [0.717, 1.165) is 22.6 Å². The average Bonchev–Trinajstić information content (AvgIpc) is 3.01. The number of carbonyl (C=O) groups excluding carboxylic acids is 1. The van der Waals surface area contributed by atoms with Gasteiger partial charge in [-0.2, -0.15) is 5.10 Å². The summed E-state index contributed by atoms with van der Waals surface area (Å²) in [5.74, 6) is 1.37. The Morgan fingerprint density at radius 2 is 1.62 bits per heavy atom. The average molecular weight is 395 g/mol. The first-order valence-corrected chi connectivity index (χ1v) is 9.18. The van der Waals surface area contributed by atoms with Crippen LogP contribution in [0.15, 0.2) is 42.5 Å². The molecule has 7 heteroatoms. The van der Waals surface area contributed by atoms with Gasteiger partial charge in [0.25, 0.3) is 0 Å². The number of hydrogen-bond donors (Lipinski definition) is 1. The number of nitrogens with zero attached hydrogens (tertiary/aromatic N) is 2. The van der Waals surface area contributed by atoms with Crippen LogP contribution in [0.25, 0.3) is 5.69 Å². The van der Waals surface area contributed by atoms with E-state index in [4.69, 9.17) is 14.2 Å². The number of anilines is 1. The molecule has 0 fully saturated rings. The lowest BCUT2D eigenvalue weighted by Crippen LogP contribution is -2.15. The van der Waals surface area contributed by atoms with Gasteiger partial charge < -0.3 is 19.5 Å². The van der Waals surface area contributed by atoms with E-state index in [1.54, 1.807) is 33.5 Å². The number of ether oxygens (including phenoxy) is 3. The van der Waals surface area contributed by atoms with Crippen molar-refractivity contribution in [2.75, 3.05) is 26.6 Å². The number of carbonyl (C=O) groups is 1. The van der Waals surface area contributed by atoms with Gasteiger partial charge in [0.05, 0.1) is 50.5 Å². The van der Waals surface area contributed by atoms with Gasteiger partial charge in [-0.05, 0) is 43.7 Å². The predicted octanol–water partition coefficient (Wildman–Crippen LogP) is 3.70. The van der Waals surface area contributed by atoms with Crippen LogP contribution < -0.4 is 19.5 Å². The zero-order chi connectivity index (χ0) is 21.0. The molecule has 1 amide bonds. The number of rotatable bonds is 7. The second-order valence-corrected chi connectivity index (χ2v) is 6.55. The van der Waals surface area contributed by atoms with Gasteiger partial charge in [-0.3, -0.25) is 4.79 Å².